The van der Waals surface area contributed by atoms with E-state index >= 15 is 0 Å². The first kappa shape index (κ1) is 18.0. The summed E-state index contributed by atoms with van der Waals surface area (Å²) >= 11 is 0. The van der Waals surface area contributed by atoms with Gasteiger partial charge in [-0.1, -0.05) is 30.3 Å². The Morgan fingerprint density at radius 3 is 2.50 bits per heavy atom. The Bertz CT molecular complexity index is 811. The molecule has 0 saturated heterocycles. The number of hydrogen-bond acceptors (Lipinski definition) is 2. The van der Waals surface area contributed by atoms with E-state index in [1.807, 2.05) is 37.3 Å². The van der Waals surface area contributed by atoms with E-state index in [0.29, 0.717) is 25.6 Å². The third-order valence-corrected chi connectivity index (χ3v) is 4.54. The highest BCUT2D eigenvalue weighted by Gasteiger charge is 2.49. The van der Waals surface area contributed by atoms with Crippen molar-refractivity contribution < 1.29 is 18.4 Å². The van der Waals surface area contributed by atoms with Gasteiger partial charge in [0.2, 0.25) is 11.8 Å². The minimum Gasteiger partial charge on any atom is -0.338 e. The highest BCUT2D eigenvalue weighted by atomic mass is 19.1. The van der Waals surface area contributed by atoms with Gasteiger partial charge in [0.05, 0.1) is 17.5 Å². The SMILES string of the molecule is CCN(Cc1ccccc1)C(=O)C1CC1C(=O)Nc1ccc(F)cc1F. The first-order valence-corrected chi connectivity index (χ1v) is 8.58. The first-order valence-electron chi connectivity index (χ1n) is 8.58. The summed E-state index contributed by atoms with van der Waals surface area (Å²) in [5.74, 6) is -2.89. The van der Waals surface area contributed by atoms with Crippen molar-refractivity contribution in [2.75, 3.05) is 11.9 Å². The van der Waals surface area contributed by atoms with Crippen LogP contribution in [0.2, 0.25) is 0 Å². The predicted octanol–water partition coefficient (Wildman–Crippen LogP) is 3.59. The smallest absolute Gasteiger partial charge is 0.228 e. The third kappa shape index (κ3) is 4.07. The van der Waals surface area contributed by atoms with Crippen molar-refractivity contribution in [2.45, 2.75) is 19.9 Å². The number of nitrogens with one attached hydrogen (secondary N) is 1. The molecule has 2 aromatic rings. The molecule has 136 valence electrons. The first-order chi connectivity index (χ1) is 12.5. The van der Waals surface area contributed by atoms with E-state index in [-0.39, 0.29) is 17.5 Å². The summed E-state index contributed by atoms with van der Waals surface area (Å²) in [4.78, 5) is 26.6. The Morgan fingerprint density at radius 2 is 1.85 bits per heavy atom. The molecule has 1 saturated carbocycles. The lowest BCUT2D eigenvalue weighted by molar-refractivity contribution is -0.134. The van der Waals surface area contributed by atoms with Crippen LogP contribution in [0.25, 0.3) is 0 Å². The zero-order chi connectivity index (χ0) is 18.7. The lowest BCUT2D eigenvalue weighted by Gasteiger charge is -2.21. The summed E-state index contributed by atoms with van der Waals surface area (Å²) in [6.07, 6.45) is 0.443. The molecule has 0 spiro atoms. The van der Waals surface area contributed by atoms with Gasteiger partial charge in [-0.25, -0.2) is 8.78 Å². The van der Waals surface area contributed by atoms with Crippen molar-refractivity contribution in [3.63, 3.8) is 0 Å². The number of halogens is 2. The van der Waals surface area contributed by atoms with Crippen LogP contribution in [0.1, 0.15) is 18.9 Å². The molecule has 0 radical (unpaired) electrons. The molecule has 1 N–H and O–H groups in total. The van der Waals surface area contributed by atoms with Crippen molar-refractivity contribution in [3.8, 4) is 0 Å². The van der Waals surface area contributed by atoms with Gasteiger partial charge in [-0.2, -0.15) is 0 Å². The minimum atomic E-state index is -0.832. The number of rotatable bonds is 6. The summed E-state index contributed by atoms with van der Waals surface area (Å²) in [6.45, 7) is 2.94. The van der Waals surface area contributed by atoms with E-state index < -0.39 is 23.5 Å². The molecular weight excluding hydrogens is 338 g/mol. The Hall–Kier alpha value is -2.76. The second kappa shape index (κ2) is 7.64. The molecule has 6 heteroatoms. The van der Waals surface area contributed by atoms with Gasteiger partial charge in [0.15, 0.2) is 0 Å². The maximum absolute atomic E-state index is 13.6. The molecule has 0 aliphatic heterocycles. The number of carbonyl (C=O) groups excluding carboxylic acids is 2. The molecule has 0 aromatic heterocycles. The van der Waals surface area contributed by atoms with Crippen molar-refractivity contribution in [1.29, 1.82) is 0 Å². The van der Waals surface area contributed by atoms with Crippen LogP contribution in [0.15, 0.2) is 48.5 Å². The molecule has 2 aromatic carbocycles. The molecule has 1 aliphatic carbocycles. The predicted molar refractivity (Wildman–Crippen MR) is 94.1 cm³/mol. The zero-order valence-electron chi connectivity index (χ0n) is 14.4. The van der Waals surface area contributed by atoms with E-state index in [1.165, 1.54) is 6.07 Å². The van der Waals surface area contributed by atoms with Gasteiger partial charge >= 0.3 is 0 Å². The fourth-order valence-electron chi connectivity index (χ4n) is 2.96. The topological polar surface area (TPSA) is 49.4 Å². The minimum absolute atomic E-state index is 0.0731. The average molecular weight is 358 g/mol. The fourth-order valence-corrected chi connectivity index (χ4v) is 2.96. The largest absolute Gasteiger partial charge is 0.338 e. The monoisotopic (exact) mass is 358 g/mol. The molecule has 26 heavy (non-hydrogen) atoms. The molecule has 2 atom stereocenters. The van der Waals surface area contributed by atoms with Gasteiger partial charge in [0, 0.05) is 19.2 Å². The molecule has 0 bridgehead atoms. The van der Waals surface area contributed by atoms with E-state index in [0.717, 1.165) is 11.6 Å². The summed E-state index contributed by atoms with van der Waals surface area (Å²) in [5, 5.41) is 2.44. The second-order valence-corrected chi connectivity index (χ2v) is 6.40. The number of hydrogen-bond donors (Lipinski definition) is 1. The molecule has 1 aliphatic rings. The van der Waals surface area contributed by atoms with E-state index in [1.54, 1.807) is 4.90 Å². The molecule has 3 rings (SSSR count). The molecule has 2 amide bonds. The van der Waals surface area contributed by atoms with Gasteiger partial charge in [0.25, 0.3) is 0 Å². The highest BCUT2D eigenvalue weighted by Crippen LogP contribution is 2.41. The van der Waals surface area contributed by atoms with Crippen LogP contribution >= 0.6 is 0 Å². The van der Waals surface area contributed by atoms with Crippen molar-refractivity contribution in [2.24, 2.45) is 11.8 Å². The van der Waals surface area contributed by atoms with Gasteiger partial charge in [0.1, 0.15) is 11.6 Å². The lowest BCUT2D eigenvalue weighted by Crippen LogP contribution is -2.33. The molecule has 0 heterocycles. The summed E-state index contributed by atoms with van der Waals surface area (Å²) in [7, 11) is 0. The van der Waals surface area contributed by atoms with Gasteiger partial charge < -0.3 is 10.2 Å². The number of carbonyl (C=O) groups is 2. The van der Waals surface area contributed by atoms with E-state index in [4.69, 9.17) is 0 Å². The van der Waals surface area contributed by atoms with E-state index in [9.17, 15) is 18.4 Å². The zero-order valence-corrected chi connectivity index (χ0v) is 14.4. The lowest BCUT2D eigenvalue weighted by atomic mass is 10.2. The van der Waals surface area contributed by atoms with Crippen LogP contribution < -0.4 is 5.32 Å². The maximum atomic E-state index is 13.6. The van der Waals surface area contributed by atoms with Crippen LogP contribution in [0.4, 0.5) is 14.5 Å². The summed E-state index contributed by atoms with van der Waals surface area (Å²) < 4.78 is 26.6. The van der Waals surface area contributed by atoms with Crippen LogP contribution in [-0.4, -0.2) is 23.3 Å². The number of anilines is 1. The quantitative estimate of drug-likeness (QED) is 0.858. The van der Waals surface area contributed by atoms with Crippen LogP contribution in [0.5, 0.6) is 0 Å². The third-order valence-electron chi connectivity index (χ3n) is 4.54. The molecule has 2 unspecified atom stereocenters. The van der Waals surface area contributed by atoms with Crippen molar-refractivity contribution >= 4 is 17.5 Å². The molecular formula is C20H20F2N2O2. The maximum Gasteiger partial charge on any atom is 0.228 e. The van der Waals surface area contributed by atoms with Gasteiger partial charge in [-0.3, -0.25) is 9.59 Å². The van der Waals surface area contributed by atoms with E-state index in [2.05, 4.69) is 5.32 Å². The van der Waals surface area contributed by atoms with Crippen molar-refractivity contribution in [1.82, 2.24) is 4.90 Å². The summed E-state index contributed by atoms with van der Waals surface area (Å²) in [5.41, 5.74) is 0.948. The molecule has 4 nitrogen and oxygen atoms in total. The Labute approximate surface area is 150 Å². The Balaban J connectivity index is 1.59. The molecule has 1 fully saturated rings. The average Bonchev–Trinajstić information content (AvgIpc) is 3.43. The number of benzene rings is 2. The number of nitrogens with zero attached hydrogens (tertiary/aromatic N) is 1. The Kier molecular flexibility index (Phi) is 5.30. The van der Waals surface area contributed by atoms with Gasteiger partial charge in [-0.15, -0.1) is 0 Å². The van der Waals surface area contributed by atoms with Gasteiger partial charge in [-0.05, 0) is 31.0 Å². The second-order valence-electron chi connectivity index (χ2n) is 6.40. The standard InChI is InChI=1S/C20H20F2N2O2/c1-2-24(12-13-6-4-3-5-7-13)20(26)16-11-15(16)19(25)23-18-9-8-14(21)10-17(18)22/h3-10,15-16H,2,11-12H2,1H3,(H,23,25). The van der Waals surface area contributed by atoms with Crippen LogP contribution in [0.3, 0.4) is 0 Å². The Morgan fingerprint density at radius 1 is 1.12 bits per heavy atom. The number of amides is 2. The van der Waals surface area contributed by atoms with Crippen LogP contribution in [0, 0.1) is 23.5 Å². The van der Waals surface area contributed by atoms with Crippen LogP contribution in [-0.2, 0) is 16.1 Å². The summed E-state index contributed by atoms with van der Waals surface area (Å²) in [6, 6.07) is 12.6. The highest BCUT2D eigenvalue weighted by molar-refractivity contribution is 5.99. The fraction of sp³-hybridized carbons (Fsp3) is 0.300. The normalized spacial score (nSPS) is 18.3. The van der Waals surface area contributed by atoms with Crippen molar-refractivity contribution in [3.05, 3.63) is 65.7 Å².